The van der Waals surface area contributed by atoms with Gasteiger partial charge in [-0.1, -0.05) is 29.8 Å². The molecular weight excluding hydrogens is 192 g/mol. The zero-order chi connectivity index (χ0) is 10.7. The zero-order valence-electron chi connectivity index (χ0n) is 8.85. The van der Waals surface area contributed by atoms with Crippen molar-refractivity contribution in [2.24, 2.45) is 0 Å². The maximum atomic E-state index is 9.91. The van der Waals surface area contributed by atoms with Gasteiger partial charge in [0.2, 0.25) is 0 Å². The molecule has 15 heavy (non-hydrogen) atoms. The van der Waals surface area contributed by atoms with Crippen LogP contribution in [0.2, 0.25) is 0 Å². The normalized spacial score (nSPS) is 19.3. The number of benzene rings is 1. The fourth-order valence-electron chi connectivity index (χ4n) is 1.65. The molecule has 0 bridgehead atoms. The molecule has 0 aliphatic carbocycles. The third kappa shape index (κ3) is 2.78. The van der Waals surface area contributed by atoms with Crippen molar-refractivity contribution in [1.82, 2.24) is 0 Å². The van der Waals surface area contributed by atoms with Crippen molar-refractivity contribution in [1.29, 1.82) is 0 Å². The summed E-state index contributed by atoms with van der Waals surface area (Å²) < 4.78 is 10.6. The lowest BCUT2D eigenvalue weighted by Gasteiger charge is -2.15. The van der Waals surface area contributed by atoms with Crippen molar-refractivity contribution >= 4 is 0 Å². The summed E-state index contributed by atoms with van der Waals surface area (Å²) in [5.74, 6) is 0. The maximum Gasteiger partial charge on any atom is 0.160 e. The maximum absolute atomic E-state index is 9.91. The van der Waals surface area contributed by atoms with Gasteiger partial charge in [0.25, 0.3) is 0 Å². The van der Waals surface area contributed by atoms with Crippen LogP contribution in [-0.4, -0.2) is 24.6 Å². The van der Waals surface area contributed by atoms with E-state index in [1.54, 1.807) is 0 Å². The van der Waals surface area contributed by atoms with E-state index in [1.807, 2.05) is 31.2 Å². The van der Waals surface area contributed by atoms with Crippen LogP contribution in [0, 0.1) is 6.92 Å². The van der Waals surface area contributed by atoms with E-state index < -0.39 is 6.10 Å². The number of aliphatic hydroxyl groups is 1. The number of aliphatic hydroxyl groups excluding tert-OH is 1. The molecule has 1 aliphatic rings. The predicted octanol–water partition coefficient (Wildman–Crippen LogP) is 1.79. The molecule has 3 heteroatoms. The molecule has 3 nitrogen and oxygen atoms in total. The lowest BCUT2D eigenvalue weighted by molar-refractivity contribution is -0.0707. The Morgan fingerprint density at radius 1 is 1.27 bits per heavy atom. The second kappa shape index (κ2) is 4.75. The van der Waals surface area contributed by atoms with Gasteiger partial charge in [0, 0.05) is 6.42 Å². The molecule has 0 spiro atoms. The van der Waals surface area contributed by atoms with Crippen molar-refractivity contribution in [2.45, 2.75) is 25.7 Å². The monoisotopic (exact) mass is 208 g/mol. The van der Waals surface area contributed by atoms with Gasteiger partial charge in [0.15, 0.2) is 6.29 Å². The summed E-state index contributed by atoms with van der Waals surface area (Å²) in [6.07, 6.45) is -0.252. The molecule has 1 heterocycles. The molecule has 0 radical (unpaired) electrons. The van der Waals surface area contributed by atoms with Crippen molar-refractivity contribution in [3.05, 3.63) is 35.4 Å². The van der Waals surface area contributed by atoms with Crippen LogP contribution in [0.3, 0.4) is 0 Å². The van der Waals surface area contributed by atoms with Crippen LogP contribution >= 0.6 is 0 Å². The lowest BCUT2D eigenvalue weighted by atomic mass is 10.1. The zero-order valence-corrected chi connectivity index (χ0v) is 8.85. The molecule has 1 aromatic carbocycles. The Bertz CT molecular complexity index is 301. The predicted molar refractivity (Wildman–Crippen MR) is 56.4 cm³/mol. The van der Waals surface area contributed by atoms with Crippen LogP contribution in [0.15, 0.2) is 24.3 Å². The second-order valence-corrected chi connectivity index (χ2v) is 3.83. The number of ether oxygens (including phenoxy) is 2. The number of aryl methyl sites for hydroxylation is 1. The molecule has 1 aliphatic heterocycles. The lowest BCUT2D eigenvalue weighted by Crippen LogP contribution is -2.13. The summed E-state index contributed by atoms with van der Waals surface area (Å²) in [5.41, 5.74) is 2.11. The highest BCUT2D eigenvalue weighted by Crippen LogP contribution is 2.22. The first-order chi connectivity index (χ1) is 7.25. The minimum atomic E-state index is -0.506. The van der Waals surface area contributed by atoms with Crippen LogP contribution in [-0.2, 0) is 9.47 Å². The highest BCUT2D eigenvalue weighted by molar-refractivity contribution is 5.23. The van der Waals surface area contributed by atoms with Gasteiger partial charge in [-0.25, -0.2) is 0 Å². The molecular formula is C12H16O3. The van der Waals surface area contributed by atoms with E-state index in [0.717, 1.165) is 5.56 Å². The van der Waals surface area contributed by atoms with Crippen molar-refractivity contribution in [3.63, 3.8) is 0 Å². The Morgan fingerprint density at radius 3 is 2.47 bits per heavy atom. The van der Waals surface area contributed by atoms with Crippen LogP contribution in [0.1, 0.15) is 23.7 Å². The summed E-state index contributed by atoms with van der Waals surface area (Å²) in [4.78, 5) is 0. The van der Waals surface area contributed by atoms with Crippen molar-refractivity contribution < 1.29 is 14.6 Å². The minimum absolute atomic E-state index is 0.249. The van der Waals surface area contributed by atoms with Gasteiger partial charge in [-0.05, 0) is 12.5 Å². The van der Waals surface area contributed by atoms with Gasteiger partial charge in [-0.3, -0.25) is 0 Å². The Morgan fingerprint density at radius 2 is 1.87 bits per heavy atom. The molecule has 0 aromatic heterocycles. The third-order valence-corrected chi connectivity index (χ3v) is 2.57. The fourth-order valence-corrected chi connectivity index (χ4v) is 1.65. The summed E-state index contributed by atoms with van der Waals surface area (Å²) >= 11 is 0. The first kappa shape index (κ1) is 10.6. The highest BCUT2D eigenvalue weighted by atomic mass is 16.7. The summed E-state index contributed by atoms with van der Waals surface area (Å²) in [6, 6.07) is 7.87. The SMILES string of the molecule is Cc1ccc(C(O)CC2OCCO2)cc1. The largest absolute Gasteiger partial charge is 0.388 e. The van der Waals surface area contributed by atoms with E-state index in [9.17, 15) is 5.11 Å². The summed E-state index contributed by atoms with van der Waals surface area (Å²) in [7, 11) is 0. The average Bonchev–Trinajstić information content (AvgIpc) is 2.71. The van der Waals surface area contributed by atoms with Crippen LogP contribution in [0.4, 0.5) is 0 Å². The Balaban J connectivity index is 1.94. The summed E-state index contributed by atoms with van der Waals surface area (Å²) in [6.45, 7) is 3.29. The first-order valence-electron chi connectivity index (χ1n) is 5.23. The van der Waals surface area contributed by atoms with Gasteiger partial charge >= 0.3 is 0 Å². The Hall–Kier alpha value is -0.900. The van der Waals surface area contributed by atoms with Crippen LogP contribution in [0.5, 0.6) is 0 Å². The summed E-state index contributed by atoms with van der Waals surface area (Å²) in [5, 5.41) is 9.91. The standard InChI is InChI=1S/C12H16O3/c1-9-2-4-10(5-3-9)11(13)8-12-14-6-7-15-12/h2-5,11-13H,6-8H2,1H3. The van der Waals surface area contributed by atoms with Crippen LogP contribution in [0.25, 0.3) is 0 Å². The molecule has 82 valence electrons. The van der Waals surface area contributed by atoms with E-state index in [2.05, 4.69) is 0 Å². The van der Waals surface area contributed by atoms with Crippen LogP contribution < -0.4 is 0 Å². The van der Waals surface area contributed by atoms with Gasteiger partial charge in [-0.2, -0.15) is 0 Å². The van der Waals surface area contributed by atoms with E-state index in [-0.39, 0.29) is 6.29 Å². The Kier molecular flexibility index (Phi) is 3.36. The van der Waals surface area contributed by atoms with Crippen molar-refractivity contribution in [3.8, 4) is 0 Å². The number of rotatable bonds is 3. The molecule has 1 saturated heterocycles. The topological polar surface area (TPSA) is 38.7 Å². The molecule has 1 unspecified atom stereocenters. The second-order valence-electron chi connectivity index (χ2n) is 3.83. The van der Waals surface area contributed by atoms with E-state index in [0.29, 0.717) is 19.6 Å². The number of hydrogen-bond acceptors (Lipinski definition) is 3. The molecule has 1 atom stereocenters. The number of hydrogen-bond donors (Lipinski definition) is 1. The van der Waals surface area contributed by atoms with Gasteiger partial charge in [-0.15, -0.1) is 0 Å². The molecule has 1 aromatic rings. The quantitative estimate of drug-likeness (QED) is 0.823. The average molecular weight is 208 g/mol. The van der Waals surface area contributed by atoms with Crippen molar-refractivity contribution in [2.75, 3.05) is 13.2 Å². The fraction of sp³-hybridized carbons (Fsp3) is 0.500. The van der Waals surface area contributed by atoms with Gasteiger partial charge in [0.05, 0.1) is 19.3 Å². The molecule has 0 saturated carbocycles. The molecule has 2 rings (SSSR count). The van der Waals surface area contributed by atoms with E-state index in [1.165, 1.54) is 5.56 Å². The minimum Gasteiger partial charge on any atom is -0.388 e. The Labute approximate surface area is 89.6 Å². The van der Waals surface area contributed by atoms with Gasteiger partial charge < -0.3 is 14.6 Å². The highest BCUT2D eigenvalue weighted by Gasteiger charge is 2.20. The van der Waals surface area contributed by atoms with Gasteiger partial charge in [0.1, 0.15) is 0 Å². The van der Waals surface area contributed by atoms with E-state index >= 15 is 0 Å². The smallest absolute Gasteiger partial charge is 0.160 e. The molecule has 0 amide bonds. The third-order valence-electron chi connectivity index (χ3n) is 2.57. The van der Waals surface area contributed by atoms with E-state index in [4.69, 9.17) is 9.47 Å². The first-order valence-corrected chi connectivity index (χ1v) is 5.23. The molecule has 1 fully saturated rings. The molecule has 1 N–H and O–H groups in total.